The van der Waals surface area contributed by atoms with Crippen molar-refractivity contribution in [2.45, 2.75) is 37.2 Å². The Balaban J connectivity index is 1.90. The van der Waals surface area contributed by atoms with Crippen molar-refractivity contribution in [3.63, 3.8) is 0 Å². The van der Waals surface area contributed by atoms with Crippen molar-refractivity contribution < 1.29 is 0 Å². The lowest BCUT2D eigenvalue weighted by Gasteiger charge is -2.35. The molecule has 0 bridgehead atoms. The van der Waals surface area contributed by atoms with Gasteiger partial charge in [0.05, 0.1) is 0 Å². The van der Waals surface area contributed by atoms with Gasteiger partial charge in [0.15, 0.2) is 0 Å². The molecule has 0 aromatic rings. The average Bonchev–Trinajstić information content (AvgIpc) is 2.37. The normalized spacial score (nSPS) is 40.8. The van der Waals surface area contributed by atoms with Crippen molar-refractivity contribution in [1.29, 1.82) is 0 Å². The van der Waals surface area contributed by atoms with Crippen molar-refractivity contribution in [2.75, 3.05) is 0 Å². The van der Waals surface area contributed by atoms with E-state index in [1.165, 1.54) is 0 Å². The van der Waals surface area contributed by atoms with Gasteiger partial charge in [0.1, 0.15) is 0 Å². The molecule has 2 rings (SSSR count). The van der Waals surface area contributed by atoms with Crippen molar-refractivity contribution >= 4 is 31.4 Å². The van der Waals surface area contributed by atoms with Crippen LogP contribution in [0.25, 0.3) is 0 Å². The van der Waals surface area contributed by atoms with Gasteiger partial charge in [-0.1, -0.05) is 84.0 Å². The molecule has 0 aliphatic heterocycles. The first-order valence-corrected chi connectivity index (χ1v) is 10.2. The highest BCUT2D eigenvalue weighted by Crippen LogP contribution is 2.54. The van der Waals surface area contributed by atoms with Crippen molar-refractivity contribution in [1.82, 2.24) is 0 Å². The average molecular weight is 311 g/mol. The highest BCUT2D eigenvalue weighted by Gasteiger charge is 2.33. The summed E-state index contributed by atoms with van der Waals surface area (Å²) in [5.41, 5.74) is 0. The fourth-order valence-electron chi connectivity index (χ4n) is 2.01. The standard InChI is InChI=1S/C16H22S3/c1-13-9-5-7-11-15(13,3)17-19-18-16(4)12-8-6-10-14(16)2/h5-14H,1-4H3. The van der Waals surface area contributed by atoms with Gasteiger partial charge in [-0.3, -0.25) is 0 Å². The minimum Gasteiger partial charge on any atom is -0.0800 e. The minimum absolute atomic E-state index is 0.209. The Morgan fingerprint density at radius 1 is 0.737 bits per heavy atom. The molecule has 4 atom stereocenters. The lowest BCUT2D eigenvalue weighted by molar-refractivity contribution is 0.603. The molecule has 0 aromatic carbocycles. The lowest BCUT2D eigenvalue weighted by atomic mass is 9.91. The summed E-state index contributed by atoms with van der Waals surface area (Å²) in [7, 11) is 5.91. The zero-order valence-corrected chi connectivity index (χ0v) is 14.4. The third-order valence-corrected chi connectivity index (χ3v) is 9.77. The van der Waals surface area contributed by atoms with E-state index in [1.807, 2.05) is 31.4 Å². The van der Waals surface area contributed by atoms with E-state index in [4.69, 9.17) is 0 Å². The second-order valence-electron chi connectivity index (χ2n) is 5.67. The van der Waals surface area contributed by atoms with E-state index in [-0.39, 0.29) is 9.49 Å². The molecule has 0 amide bonds. The Hall–Kier alpha value is 0.01000. The monoisotopic (exact) mass is 310 g/mol. The molecule has 0 saturated carbocycles. The van der Waals surface area contributed by atoms with Crippen LogP contribution in [0.3, 0.4) is 0 Å². The molecular formula is C16H22S3. The van der Waals surface area contributed by atoms with Crippen LogP contribution in [0.15, 0.2) is 48.6 Å². The van der Waals surface area contributed by atoms with Gasteiger partial charge in [-0.2, -0.15) is 0 Å². The molecule has 104 valence electrons. The summed E-state index contributed by atoms with van der Waals surface area (Å²) >= 11 is 0. The first-order valence-electron chi connectivity index (χ1n) is 6.72. The largest absolute Gasteiger partial charge is 0.0800 e. The molecule has 0 saturated heterocycles. The Bertz CT molecular complexity index is 395. The smallest absolute Gasteiger partial charge is 0.0485 e. The second kappa shape index (κ2) is 6.19. The Labute approximate surface area is 129 Å². The van der Waals surface area contributed by atoms with E-state index < -0.39 is 0 Å². The second-order valence-corrected chi connectivity index (χ2v) is 10.5. The van der Waals surface area contributed by atoms with Crippen LogP contribution in [-0.4, -0.2) is 9.49 Å². The highest BCUT2D eigenvalue weighted by atomic mass is 33.5. The van der Waals surface area contributed by atoms with Crippen molar-refractivity contribution in [3.8, 4) is 0 Å². The highest BCUT2D eigenvalue weighted by molar-refractivity contribution is 9.09. The summed E-state index contributed by atoms with van der Waals surface area (Å²) in [4.78, 5) is 0. The molecule has 0 heterocycles. The maximum Gasteiger partial charge on any atom is 0.0485 e. The van der Waals surface area contributed by atoms with Crippen molar-refractivity contribution in [3.05, 3.63) is 48.6 Å². The van der Waals surface area contributed by atoms with Crippen LogP contribution in [-0.2, 0) is 0 Å². The first kappa shape index (κ1) is 15.4. The summed E-state index contributed by atoms with van der Waals surface area (Å²) in [6.45, 7) is 9.26. The van der Waals surface area contributed by atoms with Crippen LogP contribution >= 0.6 is 31.4 Å². The SMILES string of the molecule is CC1C=CC=CC1(C)SSSC1(C)C=CC=CC1C. The fraction of sp³-hybridized carbons (Fsp3) is 0.500. The van der Waals surface area contributed by atoms with Gasteiger partial charge in [-0.05, 0) is 35.5 Å². The zero-order chi connectivity index (χ0) is 13.9. The van der Waals surface area contributed by atoms with Gasteiger partial charge in [0.25, 0.3) is 0 Å². The van der Waals surface area contributed by atoms with Crippen LogP contribution in [0.4, 0.5) is 0 Å². The minimum atomic E-state index is 0.209. The molecule has 0 fully saturated rings. The fourth-order valence-corrected chi connectivity index (χ4v) is 8.24. The Morgan fingerprint density at radius 3 is 1.53 bits per heavy atom. The third-order valence-electron chi connectivity index (χ3n) is 4.11. The topological polar surface area (TPSA) is 0 Å². The molecule has 2 aliphatic carbocycles. The molecule has 4 unspecified atom stereocenters. The van der Waals surface area contributed by atoms with Gasteiger partial charge in [0.2, 0.25) is 0 Å². The summed E-state index contributed by atoms with van der Waals surface area (Å²) in [6, 6.07) is 0. The number of hydrogen-bond donors (Lipinski definition) is 0. The molecule has 0 aromatic heterocycles. The van der Waals surface area contributed by atoms with E-state index in [0.29, 0.717) is 11.8 Å². The summed E-state index contributed by atoms with van der Waals surface area (Å²) in [6.07, 6.45) is 17.9. The maximum absolute atomic E-state index is 2.33. The van der Waals surface area contributed by atoms with E-state index in [2.05, 4.69) is 76.3 Å². The summed E-state index contributed by atoms with van der Waals surface area (Å²) in [5.74, 6) is 1.17. The van der Waals surface area contributed by atoms with E-state index in [0.717, 1.165) is 0 Å². The lowest BCUT2D eigenvalue weighted by Crippen LogP contribution is -2.27. The predicted molar refractivity (Wildman–Crippen MR) is 94.5 cm³/mol. The molecule has 0 N–H and O–H groups in total. The maximum atomic E-state index is 2.33. The Morgan fingerprint density at radius 2 is 1.16 bits per heavy atom. The number of hydrogen-bond acceptors (Lipinski definition) is 3. The number of rotatable bonds is 4. The first-order chi connectivity index (χ1) is 8.96. The Kier molecular flexibility index (Phi) is 5.02. The molecule has 19 heavy (non-hydrogen) atoms. The molecule has 0 spiro atoms. The summed E-state index contributed by atoms with van der Waals surface area (Å²) < 4.78 is 0.417. The molecular weight excluding hydrogens is 288 g/mol. The molecule has 0 nitrogen and oxygen atoms in total. The van der Waals surface area contributed by atoms with Gasteiger partial charge in [-0.25, -0.2) is 0 Å². The van der Waals surface area contributed by atoms with Crippen LogP contribution in [0.5, 0.6) is 0 Å². The number of allylic oxidation sites excluding steroid dienone is 6. The molecule has 0 radical (unpaired) electrons. The van der Waals surface area contributed by atoms with Crippen LogP contribution < -0.4 is 0 Å². The van der Waals surface area contributed by atoms with Gasteiger partial charge >= 0.3 is 0 Å². The van der Waals surface area contributed by atoms with Crippen LogP contribution in [0.2, 0.25) is 0 Å². The van der Waals surface area contributed by atoms with Crippen molar-refractivity contribution in [2.24, 2.45) is 11.8 Å². The predicted octanol–water partition coefficient (Wildman–Crippen LogP) is 6.06. The van der Waals surface area contributed by atoms with Gasteiger partial charge in [-0.15, -0.1) is 0 Å². The van der Waals surface area contributed by atoms with Crippen LogP contribution in [0, 0.1) is 11.8 Å². The van der Waals surface area contributed by atoms with E-state index >= 15 is 0 Å². The third kappa shape index (κ3) is 3.56. The summed E-state index contributed by atoms with van der Waals surface area (Å²) in [5, 5.41) is 0. The van der Waals surface area contributed by atoms with Crippen LogP contribution in [0.1, 0.15) is 27.7 Å². The van der Waals surface area contributed by atoms with Gasteiger partial charge in [0, 0.05) is 9.49 Å². The molecule has 2 aliphatic rings. The van der Waals surface area contributed by atoms with E-state index in [9.17, 15) is 0 Å². The van der Waals surface area contributed by atoms with Gasteiger partial charge < -0.3 is 0 Å². The quantitative estimate of drug-likeness (QED) is 0.579. The zero-order valence-electron chi connectivity index (χ0n) is 12.0. The van der Waals surface area contributed by atoms with E-state index in [1.54, 1.807) is 0 Å². The molecule has 3 heteroatoms.